The number of rotatable bonds is 1. The Labute approximate surface area is 66.2 Å². The molecule has 0 aliphatic rings. The molecule has 1 aromatic heterocycles. The van der Waals surface area contributed by atoms with Crippen LogP contribution in [-0.2, 0) is 0 Å². The maximum Gasteiger partial charge on any atom is 0.137 e. The molecule has 0 aliphatic carbocycles. The van der Waals surface area contributed by atoms with E-state index in [0.717, 1.165) is 0 Å². The summed E-state index contributed by atoms with van der Waals surface area (Å²) in [5.74, 6) is 0.0307. The fraction of sp³-hybridized carbons (Fsp3) is 0.167. The number of aromatic nitrogens is 1. The Morgan fingerprint density at radius 1 is 1.78 bits per heavy atom. The third-order valence-corrected chi connectivity index (χ3v) is 1.11. The Hall–Kier alpha value is -0.570. The van der Waals surface area contributed by atoms with Gasteiger partial charge in [-0.15, -0.1) is 0 Å². The van der Waals surface area contributed by atoms with Crippen LogP contribution < -0.4 is 4.74 Å². The normalized spacial score (nSPS) is 13.8. The van der Waals surface area contributed by atoms with E-state index in [2.05, 4.69) is 20.9 Å². The third-order valence-electron chi connectivity index (χ3n) is 0.739. The van der Waals surface area contributed by atoms with Crippen LogP contribution in [0.5, 0.6) is 5.75 Å². The highest BCUT2D eigenvalue weighted by Gasteiger charge is 1.88. The van der Waals surface area contributed by atoms with E-state index in [0.29, 0.717) is 0 Å². The van der Waals surface area contributed by atoms with Crippen molar-refractivity contribution in [1.29, 1.82) is 0 Å². The summed E-state index contributed by atoms with van der Waals surface area (Å²) in [4.78, 5) is 3.66. The molecule has 0 aromatic carbocycles. The Kier molecular flexibility index (Phi) is 1.12. The summed E-state index contributed by atoms with van der Waals surface area (Å²) < 4.78 is 26.9. The molecule has 0 radical (unpaired) electrons. The van der Waals surface area contributed by atoms with Gasteiger partial charge in [-0.25, -0.2) is 4.98 Å². The number of hydrogen-bond acceptors (Lipinski definition) is 2. The fourth-order valence-corrected chi connectivity index (χ4v) is 0.549. The van der Waals surface area contributed by atoms with Gasteiger partial charge in [0.05, 0.1) is 17.4 Å². The summed E-state index contributed by atoms with van der Waals surface area (Å²) in [6.45, 7) is 0. The molecule has 0 fully saturated rings. The number of methoxy groups -OCH3 is 1. The molecule has 0 unspecified atom stereocenters. The molecule has 0 saturated carbocycles. The van der Waals surface area contributed by atoms with E-state index in [1.807, 2.05) is 0 Å². The Morgan fingerprint density at radius 3 is 3.22 bits per heavy atom. The lowest BCUT2D eigenvalue weighted by Crippen LogP contribution is -1.82. The van der Waals surface area contributed by atoms with Gasteiger partial charge < -0.3 is 4.74 Å². The maximum absolute atomic E-state index is 7.37. The van der Waals surface area contributed by atoms with Crippen LogP contribution in [-0.4, -0.2) is 12.1 Å². The van der Waals surface area contributed by atoms with Crippen molar-refractivity contribution >= 4 is 15.9 Å². The first-order valence-corrected chi connectivity index (χ1v) is 3.04. The van der Waals surface area contributed by atoms with E-state index in [4.69, 9.17) is 8.85 Å². The maximum atomic E-state index is 7.37. The molecule has 0 amide bonds. The highest BCUT2D eigenvalue weighted by Crippen LogP contribution is 2.11. The molecule has 48 valence electrons. The average molecular weight is 191 g/mol. The number of hydrogen-bond donors (Lipinski definition) is 0. The van der Waals surface area contributed by atoms with Gasteiger partial charge in [-0.05, 0) is 28.0 Å². The number of nitrogens with zero attached hydrogens (tertiary/aromatic N) is 1. The summed E-state index contributed by atoms with van der Waals surface area (Å²) in [6.07, 6.45) is -0.134. The SMILES string of the molecule is [2H]c1nc(Br)c([2H])c([2H])c1OC. The van der Waals surface area contributed by atoms with Gasteiger partial charge in [-0.2, -0.15) is 0 Å². The van der Waals surface area contributed by atoms with Crippen LogP contribution in [0.4, 0.5) is 0 Å². The Balaban J connectivity index is 3.40. The first kappa shape index (κ1) is 3.56. The fourth-order valence-electron chi connectivity index (χ4n) is 0.361. The number of ether oxygens (including phenoxy) is 1. The predicted molar refractivity (Wildman–Crippen MR) is 38.5 cm³/mol. The topological polar surface area (TPSA) is 22.1 Å². The van der Waals surface area contributed by atoms with Crippen molar-refractivity contribution in [3.8, 4) is 5.75 Å². The van der Waals surface area contributed by atoms with Crippen LogP contribution in [0.2, 0.25) is 0 Å². The van der Waals surface area contributed by atoms with E-state index in [9.17, 15) is 0 Å². The zero-order chi connectivity index (χ0) is 9.30. The van der Waals surface area contributed by atoms with Crippen molar-refractivity contribution in [1.82, 2.24) is 4.98 Å². The van der Waals surface area contributed by atoms with Gasteiger partial charge in [0, 0.05) is 0 Å². The third kappa shape index (κ3) is 1.68. The molecule has 1 aromatic rings. The zero-order valence-electron chi connectivity index (χ0n) is 7.73. The summed E-state index contributed by atoms with van der Waals surface area (Å²) in [5, 5.41) is 0. The standard InChI is InChI=1S/C6H6BrNO/c1-9-5-2-3-6(7)8-4-5/h2-4H,1H3/i2D,3D,4D. The molecule has 1 rings (SSSR count). The lowest BCUT2D eigenvalue weighted by atomic mass is 10.5. The molecule has 1 heterocycles. The van der Waals surface area contributed by atoms with Crippen LogP contribution in [0, 0.1) is 0 Å². The minimum Gasteiger partial charge on any atom is -0.495 e. The largest absolute Gasteiger partial charge is 0.495 e. The van der Waals surface area contributed by atoms with Crippen molar-refractivity contribution in [2.75, 3.05) is 7.11 Å². The molecular formula is C6H6BrNO. The molecule has 0 saturated heterocycles. The Morgan fingerprint density at radius 2 is 2.56 bits per heavy atom. The second-order valence-corrected chi connectivity index (χ2v) is 2.05. The van der Waals surface area contributed by atoms with Gasteiger partial charge in [0.15, 0.2) is 0 Å². The van der Waals surface area contributed by atoms with E-state index < -0.39 is 0 Å². The predicted octanol–water partition coefficient (Wildman–Crippen LogP) is 1.85. The minimum absolute atomic E-state index is 0.0307. The molecule has 9 heavy (non-hydrogen) atoms. The quantitative estimate of drug-likeness (QED) is 0.632. The lowest BCUT2D eigenvalue weighted by molar-refractivity contribution is 0.412. The average Bonchev–Trinajstić information content (AvgIpc) is 2.01. The summed E-state index contributed by atoms with van der Waals surface area (Å²) in [5.41, 5.74) is 0. The van der Waals surface area contributed by atoms with Gasteiger partial charge in [-0.1, -0.05) is 0 Å². The van der Waals surface area contributed by atoms with Crippen LogP contribution in [0.15, 0.2) is 22.9 Å². The van der Waals surface area contributed by atoms with E-state index in [1.165, 1.54) is 7.11 Å². The first-order chi connectivity index (χ1) is 5.57. The van der Waals surface area contributed by atoms with Crippen LogP contribution in [0.1, 0.15) is 4.11 Å². The van der Waals surface area contributed by atoms with Crippen molar-refractivity contribution in [3.05, 3.63) is 22.9 Å². The van der Waals surface area contributed by atoms with Crippen molar-refractivity contribution in [3.63, 3.8) is 0 Å². The monoisotopic (exact) mass is 190 g/mol. The molecule has 0 atom stereocenters. The van der Waals surface area contributed by atoms with E-state index in [1.54, 1.807) is 0 Å². The lowest BCUT2D eigenvalue weighted by Gasteiger charge is -1.95. The van der Waals surface area contributed by atoms with Crippen LogP contribution >= 0.6 is 15.9 Å². The molecule has 0 aliphatic heterocycles. The minimum atomic E-state index is -0.134. The molecule has 0 spiro atoms. The summed E-state index contributed by atoms with van der Waals surface area (Å²) >= 11 is 2.97. The summed E-state index contributed by atoms with van der Waals surface area (Å²) in [7, 11) is 1.35. The summed E-state index contributed by atoms with van der Waals surface area (Å²) in [6, 6.07) is -0.188. The first-order valence-electron chi connectivity index (χ1n) is 3.75. The van der Waals surface area contributed by atoms with Gasteiger partial charge >= 0.3 is 0 Å². The van der Waals surface area contributed by atoms with E-state index in [-0.39, 0.29) is 28.6 Å². The molecule has 0 N–H and O–H groups in total. The zero-order valence-corrected chi connectivity index (χ0v) is 6.32. The van der Waals surface area contributed by atoms with Crippen molar-refractivity contribution in [2.45, 2.75) is 0 Å². The smallest absolute Gasteiger partial charge is 0.137 e. The Bertz CT molecular complexity index is 318. The van der Waals surface area contributed by atoms with E-state index >= 15 is 0 Å². The van der Waals surface area contributed by atoms with Gasteiger partial charge in [0.2, 0.25) is 0 Å². The van der Waals surface area contributed by atoms with Gasteiger partial charge in [0.1, 0.15) is 10.4 Å². The second-order valence-electron chi connectivity index (χ2n) is 1.30. The highest BCUT2D eigenvalue weighted by molar-refractivity contribution is 9.10. The molecular weight excluding hydrogens is 182 g/mol. The number of pyridine rings is 1. The van der Waals surface area contributed by atoms with Gasteiger partial charge in [-0.3, -0.25) is 0 Å². The van der Waals surface area contributed by atoms with Crippen LogP contribution in [0.25, 0.3) is 0 Å². The van der Waals surface area contributed by atoms with Crippen molar-refractivity contribution in [2.24, 2.45) is 0 Å². The molecule has 3 heteroatoms. The van der Waals surface area contributed by atoms with Gasteiger partial charge in [0.25, 0.3) is 0 Å². The van der Waals surface area contributed by atoms with Crippen molar-refractivity contribution < 1.29 is 8.85 Å². The highest BCUT2D eigenvalue weighted by atomic mass is 79.9. The molecule has 2 nitrogen and oxygen atoms in total. The van der Waals surface area contributed by atoms with Crippen LogP contribution in [0.3, 0.4) is 0 Å². The number of halogens is 1. The molecule has 0 bridgehead atoms. The second kappa shape index (κ2) is 2.82.